The van der Waals surface area contributed by atoms with Crippen LogP contribution in [0.25, 0.3) is 16.8 Å². The monoisotopic (exact) mass is 526 g/mol. The quantitative estimate of drug-likeness (QED) is 0.280. The molecule has 0 aliphatic carbocycles. The van der Waals surface area contributed by atoms with Gasteiger partial charge in [0, 0.05) is 5.56 Å². The molecule has 1 aromatic heterocycles. The van der Waals surface area contributed by atoms with Gasteiger partial charge in [0.1, 0.15) is 18.2 Å². The number of carbonyl (C=O) groups excluding carboxylic acids is 1. The van der Waals surface area contributed by atoms with Crippen molar-refractivity contribution in [1.82, 2.24) is 4.57 Å². The lowest BCUT2D eigenvalue weighted by atomic mass is 9.96. The van der Waals surface area contributed by atoms with Crippen molar-refractivity contribution < 1.29 is 18.7 Å². The van der Waals surface area contributed by atoms with Crippen molar-refractivity contribution in [2.45, 2.75) is 19.9 Å². The minimum Gasteiger partial charge on any atom is -0.480 e. The number of terminal acetylenes is 1. The Balaban J connectivity index is 1.77. The molecule has 38 heavy (non-hydrogen) atoms. The maximum Gasteiger partial charge on any atom is 0.338 e. The predicted molar refractivity (Wildman–Crippen MR) is 145 cm³/mol. The summed E-state index contributed by atoms with van der Waals surface area (Å²) in [5.41, 5.74) is 1.62. The normalized spacial score (nSPS) is 15.1. The first-order valence-electron chi connectivity index (χ1n) is 12.0. The number of esters is 1. The molecule has 3 aromatic carbocycles. The Kier molecular flexibility index (Phi) is 6.95. The van der Waals surface area contributed by atoms with Gasteiger partial charge in [0.05, 0.1) is 28.5 Å². The lowest BCUT2D eigenvalue weighted by Gasteiger charge is -2.24. The molecule has 0 bridgehead atoms. The van der Waals surface area contributed by atoms with Crippen molar-refractivity contribution in [1.29, 1.82) is 0 Å². The highest BCUT2D eigenvalue weighted by atomic mass is 32.1. The number of thiazole rings is 1. The van der Waals surface area contributed by atoms with Gasteiger partial charge in [-0.25, -0.2) is 14.2 Å². The van der Waals surface area contributed by atoms with E-state index in [2.05, 4.69) is 10.9 Å². The van der Waals surface area contributed by atoms with Crippen LogP contribution >= 0.6 is 11.3 Å². The maximum absolute atomic E-state index is 13.9. The molecule has 190 valence electrons. The van der Waals surface area contributed by atoms with Crippen LogP contribution in [-0.4, -0.2) is 23.8 Å². The molecule has 2 heterocycles. The Morgan fingerprint density at radius 2 is 1.95 bits per heavy atom. The summed E-state index contributed by atoms with van der Waals surface area (Å²) in [5.74, 6) is 2.03. The zero-order chi connectivity index (χ0) is 26.8. The second-order valence-electron chi connectivity index (χ2n) is 8.55. The highest BCUT2D eigenvalue weighted by Gasteiger charge is 2.33. The average Bonchev–Trinajstić information content (AvgIpc) is 3.22. The van der Waals surface area contributed by atoms with Crippen LogP contribution in [-0.2, 0) is 9.53 Å². The fourth-order valence-electron chi connectivity index (χ4n) is 4.55. The number of rotatable bonds is 6. The topological polar surface area (TPSA) is 69.9 Å². The average molecular weight is 527 g/mol. The van der Waals surface area contributed by atoms with Gasteiger partial charge in [0.25, 0.3) is 5.56 Å². The lowest BCUT2D eigenvalue weighted by molar-refractivity contribution is -0.139. The minimum atomic E-state index is -0.822. The largest absolute Gasteiger partial charge is 0.480 e. The number of aromatic nitrogens is 1. The highest BCUT2D eigenvalue weighted by Crippen LogP contribution is 2.31. The number of halogens is 1. The maximum atomic E-state index is 13.9. The smallest absolute Gasteiger partial charge is 0.338 e. The van der Waals surface area contributed by atoms with E-state index in [0.29, 0.717) is 31.9 Å². The van der Waals surface area contributed by atoms with Gasteiger partial charge in [-0.15, -0.1) is 6.42 Å². The second kappa shape index (κ2) is 10.5. The standard InChI is InChI=1S/C30H23FN2O4S/c1-4-16-37-24-15-12-19-8-6-7-9-22(19)23(24)17-25-28(34)33-27(20-10-13-21(31)14-11-20)26(29(35)36-5-2)18(3)32-30(33)38-25/h1,6-15,17,27H,5,16H2,2-3H3/b25-17+/t27-/m1/s1. The number of carbonyl (C=O) groups is 1. The third-order valence-electron chi connectivity index (χ3n) is 6.22. The van der Waals surface area contributed by atoms with Crippen LogP contribution in [0.4, 0.5) is 4.39 Å². The molecule has 0 N–H and O–H groups in total. The number of hydrogen-bond acceptors (Lipinski definition) is 6. The van der Waals surface area contributed by atoms with E-state index in [1.54, 1.807) is 32.1 Å². The summed E-state index contributed by atoms with van der Waals surface area (Å²) in [7, 11) is 0. The Hall–Kier alpha value is -4.48. The Morgan fingerprint density at radius 1 is 1.18 bits per heavy atom. The molecule has 5 rings (SSSR count). The van der Waals surface area contributed by atoms with Gasteiger partial charge in [0.2, 0.25) is 0 Å². The number of hydrogen-bond donors (Lipinski definition) is 0. The molecule has 0 radical (unpaired) electrons. The van der Waals surface area contributed by atoms with Gasteiger partial charge >= 0.3 is 5.97 Å². The molecule has 6 nitrogen and oxygen atoms in total. The number of allylic oxidation sites excluding steroid dienone is 1. The summed E-state index contributed by atoms with van der Waals surface area (Å²) in [5, 5.41) is 1.87. The Labute approximate surface area is 222 Å². The summed E-state index contributed by atoms with van der Waals surface area (Å²) >= 11 is 1.20. The molecule has 0 saturated heterocycles. The number of ether oxygens (including phenoxy) is 2. The molecule has 8 heteroatoms. The number of nitrogens with zero attached hydrogens (tertiary/aromatic N) is 2. The van der Waals surface area contributed by atoms with Crippen LogP contribution in [0.15, 0.2) is 81.7 Å². The van der Waals surface area contributed by atoms with Crippen molar-refractivity contribution in [3.8, 4) is 18.1 Å². The van der Waals surface area contributed by atoms with E-state index in [1.165, 1.54) is 28.0 Å². The molecule has 1 aliphatic heterocycles. The molecule has 0 unspecified atom stereocenters. The molecular formula is C30H23FN2O4S. The van der Waals surface area contributed by atoms with Gasteiger partial charge < -0.3 is 9.47 Å². The van der Waals surface area contributed by atoms with Gasteiger partial charge in [0.15, 0.2) is 4.80 Å². The van der Waals surface area contributed by atoms with Gasteiger partial charge in [-0.3, -0.25) is 9.36 Å². The molecule has 0 fully saturated rings. The third-order valence-corrected chi connectivity index (χ3v) is 7.20. The number of fused-ring (bicyclic) bond motifs is 2. The highest BCUT2D eigenvalue weighted by molar-refractivity contribution is 7.07. The first-order chi connectivity index (χ1) is 18.4. The zero-order valence-corrected chi connectivity index (χ0v) is 21.5. The van der Waals surface area contributed by atoms with E-state index in [9.17, 15) is 14.0 Å². The third kappa shape index (κ3) is 4.53. The second-order valence-corrected chi connectivity index (χ2v) is 9.55. The molecule has 0 spiro atoms. The fraction of sp³-hybridized carbons (Fsp3) is 0.167. The first kappa shape index (κ1) is 25.2. The van der Waals surface area contributed by atoms with Crippen molar-refractivity contribution in [3.63, 3.8) is 0 Å². The van der Waals surface area contributed by atoms with E-state index >= 15 is 0 Å². The first-order valence-corrected chi connectivity index (χ1v) is 12.8. The zero-order valence-electron chi connectivity index (χ0n) is 20.7. The van der Waals surface area contributed by atoms with Crippen molar-refractivity contribution in [3.05, 3.63) is 109 Å². The van der Waals surface area contributed by atoms with Gasteiger partial charge in [-0.05, 0) is 54.5 Å². The fourth-order valence-corrected chi connectivity index (χ4v) is 5.58. The van der Waals surface area contributed by atoms with Crippen LogP contribution in [0.5, 0.6) is 5.75 Å². The molecule has 4 aromatic rings. The van der Waals surface area contributed by atoms with Crippen LogP contribution in [0.3, 0.4) is 0 Å². The molecule has 0 saturated carbocycles. The van der Waals surface area contributed by atoms with Crippen molar-refractivity contribution >= 4 is 34.2 Å². The van der Waals surface area contributed by atoms with E-state index < -0.39 is 17.8 Å². The van der Waals surface area contributed by atoms with E-state index in [0.717, 1.165) is 10.8 Å². The van der Waals surface area contributed by atoms with E-state index in [-0.39, 0.29) is 24.3 Å². The minimum absolute atomic E-state index is 0.0765. The van der Waals surface area contributed by atoms with Crippen LogP contribution in [0, 0.1) is 18.2 Å². The molecule has 0 amide bonds. The van der Waals surface area contributed by atoms with Crippen LogP contribution in [0.1, 0.15) is 31.0 Å². The van der Waals surface area contributed by atoms with Crippen LogP contribution in [0.2, 0.25) is 0 Å². The molecular weight excluding hydrogens is 503 g/mol. The predicted octanol–water partition coefficient (Wildman–Crippen LogP) is 4.10. The summed E-state index contributed by atoms with van der Waals surface area (Å²) in [6.45, 7) is 3.65. The molecule has 1 atom stereocenters. The Bertz CT molecular complexity index is 1810. The Morgan fingerprint density at radius 3 is 2.68 bits per heavy atom. The summed E-state index contributed by atoms with van der Waals surface area (Å²) in [6.07, 6.45) is 7.19. The van der Waals surface area contributed by atoms with Crippen molar-refractivity contribution in [2.24, 2.45) is 4.99 Å². The lowest BCUT2D eigenvalue weighted by Crippen LogP contribution is -2.39. The summed E-state index contributed by atoms with van der Waals surface area (Å²) < 4.78 is 26.7. The summed E-state index contributed by atoms with van der Waals surface area (Å²) in [4.78, 5) is 31.9. The number of benzene rings is 3. The molecule has 1 aliphatic rings. The van der Waals surface area contributed by atoms with E-state index in [1.807, 2.05) is 36.4 Å². The van der Waals surface area contributed by atoms with Crippen molar-refractivity contribution in [2.75, 3.05) is 13.2 Å². The van der Waals surface area contributed by atoms with Crippen LogP contribution < -0.4 is 19.6 Å². The van der Waals surface area contributed by atoms with Gasteiger partial charge in [-0.1, -0.05) is 59.7 Å². The SMILES string of the molecule is C#CCOc1ccc2ccccc2c1/C=c1/sc2n(c1=O)[C@H](c1ccc(F)cc1)C(C(=O)OCC)=C(C)N=2. The summed E-state index contributed by atoms with van der Waals surface area (Å²) in [6, 6.07) is 16.4. The van der Waals surface area contributed by atoms with E-state index in [4.69, 9.17) is 15.9 Å². The van der Waals surface area contributed by atoms with Gasteiger partial charge in [-0.2, -0.15) is 0 Å².